The fourth-order valence-corrected chi connectivity index (χ4v) is 8.07. The molecule has 2 rings (SSSR count). The molecule has 2 fully saturated rings. The fraction of sp³-hybridized carbons (Fsp3) is 0.714. The molecule has 2 heterocycles. The van der Waals surface area contributed by atoms with E-state index in [1.165, 1.54) is 16.7 Å². The molecule has 582 valence electrons. The predicted molar refractivity (Wildman–Crippen MR) is 357 cm³/mol. The second-order valence-electron chi connectivity index (χ2n) is 24.3. The van der Waals surface area contributed by atoms with E-state index < -0.39 is 131 Å². The van der Waals surface area contributed by atoms with Gasteiger partial charge in [-0.25, -0.2) is 28.8 Å². The lowest BCUT2D eigenvalue weighted by atomic mass is 10.0. The van der Waals surface area contributed by atoms with Crippen LogP contribution in [0.5, 0.6) is 0 Å². The van der Waals surface area contributed by atoms with Gasteiger partial charge >= 0.3 is 71.6 Å². The molecule has 38 nitrogen and oxygen atoms in total. The number of rotatable bonds is 41. The number of amides is 2. The Hall–Kier alpha value is -8.98. The lowest BCUT2D eigenvalue weighted by Gasteiger charge is -2.20. The smallest absolute Gasteiger partial charge is 0.372 e. The monoisotopic (exact) mass is 1460 g/mol. The normalized spacial score (nSPS) is 15.1. The molecule has 2 amide bonds. The minimum Gasteiger partial charge on any atom is -0.480 e. The first-order chi connectivity index (χ1) is 46.5. The summed E-state index contributed by atoms with van der Waals surface area (Å²) >= 11 is 0. The predicted octanol–water partition coefficient (Wildman–Crippen LogP) is 0.517. The summed E-state index contributed by atoms with van der Waals surface area (Å²) in [4.78, 5) is 192. The molecule has 19 N–H and O–H groups in total. The van der Waals surface area contributed by atoms with Gasteiger partial charge in [-0.1, -0.05) is 55.4 Å². The number of nitrogens with zero attached hydrogens (tertiary/aromatic N) is 2. The van der Waals surface area contributed by atoms with Crippen LogP contribution >= 0.6 is 0 Å². The summed E-state index contributed by atoms with van der Waals surface area (Å²) in [5.74, 6) is -15.8. The Morgan fingerprint density at radius 2 is 0.653 bits per heavy atom. The standard InChI is InChI=1S/C11H19NO5.2C10H13NO6.C8H13NO5.2C7H15NO2.C6H13NO2.C4H9NO2/c1-7(2)6-8(10(14)15)12-5-3-4-9(13)11(16)17;2*12-7(10(16)17)2-1-5-11-6(9(14)15)3-4-8(11)13;1-5(7(11)12)9-4-2-3-6(10)8(13)14;2*1-5(2)4-6(8-3)7(9)10;1-4(2)3-5(7)6(8)9;1-3(5-2)4(6)7/h7-8,12H,3-6H2,1-2H3,(H,14,15)(H,16,17);2*6H,1-5H2,(H,14,15)(H,16,17);5,9H,2-4H2,1H3,(H,11,12)(H,13,14);2*5-6,8H,4H2,1-3H3,(H,9,10);4-5H,3,7H2,1-2H3,(H,8,9);3,5H,1-2H3,(H,6,7)/t;2*6-;;;;;3-/m.00....0/s1. The number of nitrogens with two attached hydrogens (primary N) is 1. The summed E-state index contributed by atoms with van der Waals surface area (Å²) in [6.07, 6.45) is 3.78. The van der Waals surface area contributed by atoms with Crippen LogP contribution < -0.4 is 32.3 Å². The van der Waals surface area contributed by atoms with Crippen LogP contribution in [-0.4, -0.2) is 273 Å². The van der Waals surface area contributed by atoms with Gasteiger partial charge in [0.1, 0.15) is 48.3 Å². The molecule has 0 aliphatic carbocycles. The molecule has 5 unspecified atom stereocenters. The van der Waals surface area contributed by atoms with Gasteiger partial charge < -0.3 is 103 Å². The van der Waals surface area contributed by atoms with Crippen molar-refractivity contribution in [3.8, 4) is 0 Å². The van der Waals surface area contributed by atoms with Gasteiger partial charge in [0.05, 0.1) is 0 Å². The molecule has 0 radical (unpaired) electrons. The molecule has 101 heavy (non-hydrogen) atoms. The zero-order valence-electron chi connectivity index (χ0n) is 59.8. The number of ketones is 4. The number of carbonyl (C=O) groups is 18. The number of likely N-dealkylation sites (N-methyl/N-ethyl adjacent to an activating group) is 3. The Kier molecular flexibility index (Phi) is 60.0. The molecule has 0 spiro atoms. The van der Waals surface area contributed by atoms with E-state index in [0.717, 1.165) is 0 Å². The van der Waals surface area contributed by atoms with Crippen LogP contribution in [0.25, 0.3) is 0 Å². The minimum absolute atomic E-state index is 0.0731. The SMILES string of the molecule is CC(C)CC(N)C(=O)O.CC(C)CC(NCCCC(=O)C(=O)O)C(=O)O.CC(NCCCC(=O)C(=O)O)C(=O)O.CNC(CC(C)C)C(=O)O.CNC(CC(C)C)C(=O)O.CN[C@@H](C)C(=O)O.O=C(O)C(=O)CCCN1C(=O)CC[C@H]1C(=O)O.O=C(O)C(=O)CCCN1C(=O)CC[C@H]1C(=O)O. The quantitative estimate of drug-likeness (QED) is 0.0293. The molecular formula is C63H110N8O30. The molecule has 38 heteroatoms. The average Bonchev–Trinajstić information content (AvgIpc) is 1.74. The van der Waals surface area contributed by atoms with Gasteiger partial charge in [-0.3, -0.25) is 57.5 Å². The number of aliphatic carboxylic acids is 12. The Labute approximate surface area is 585 Å². The van der Waals surface area contributed by atoms with E-state index in [4.69, 9.17) is 67.0 Å². The Bertz CT molecular complexity index is 2550. The highest BCUT2D eigenvalue weighted by Crippen LogP contribution is 2.21. The van der Waals surface area contributed by atoms with E-state index in [0.29, 0.717) is 69.4 Å². The number of Topliss-reactive ketones (excluding diaryl/α,β-unsaturated/α-hetero) is 4. The number of likely N-dealkylation sites (tertiary alicyclic amines) is 2. The molecule has 2 aliphatic rings. The maximum atomic E-state index is 11.4. The van der Waals surface area contributed by atoms with E-state index in [1.54, 1.807) is 28.1 Å². The summed E-state index contributed by atoms with van der Waals surface area (Å²) in [5.41, 5.74) is 5.22. The van der Waals surface area contributed by atoms with Crippen LogP contribution in [-0.2, 0) is 86.3 Å². The van der Waals surface area contributed by atoms with Crippen molar-refractivity contribution in [1.82, 2.24) is 36.4 Å². The molecule has 0 aromatic carbocycles. The molecule has 0 saturated carbocycles. The lowest BCUT2D eigenvalue weighted by Crippen LogP contribution is -2.39. The van der Waals surface area contributed by atoms with Gasteiger partial charge in [0, 0.05) is 51.6 Å². The van der Waals surface area contributed by atoms with Crippen LogP contribution in [0, 0.1) is 23.7 Å². The summed E-state index contributed by atoms with van der Waals surface area (Å²) in [6.45, 7) is 19.7. The van der Waals surface area contributed by atoms with Crippen molar-refractivity contribution >= 4 is 107 Å². The van der Waals surface area contributed by atoms with Gasteiger partial charge in [-0.05, 0) is 136 Å². The molecule has 8 atom stereocenters. The molecule has 2 saturated heterocycles. The topological polar surface area (TPSA) is 643 Å². The first-order valence-electron chi connectivity index (χ1n) is 32.2. The second-order valence-corrected chi connectivity index (χ2v) is 24.3. The Balaban J connectivity index is -0.000000260. The van der Waals surface area contributed by atoms with Crippen molar-refractivity contribution in [3.63, 3.8) is 0 Å². The first kappa shape index (κ1) is 103. The van der Waals surface area contributed by atoms with Crippen molar-refractivity contribution in [2.45, 2.75) is 220 Å². The first-order valence-corrected chi connectivity index (χ1v) is 32.2. The van der Waals surface area contributed by atoms with Gasteiger partial charge in [-0.2, -0.15) is 0 Å². The highest BCUT2D eigenvalue weighted by molar-refractivity contribution is 6.33. The van der Waals surface area contributed by atoms with Crippen molar-refractivity contribution in [2.24, 2.45) is 29.4 Å². The van der Waals surface area contributed by atoms with Crippen LogP contribution in [0.4, 0.5) is 0 Å². The third-order valence-corrected chi connectivity index (χ3v) is 13.7. The third kappa shape index (κ3) is 56.5. The van der Waals surface area contributed by atoms with E-state index >= 15 is 0 Å². The number of hydrogen-bond donors (Lipinski definition) is 18. The molecule has 0 aromatic heterocycles. The molecular weight excluding hydrogens is 1350 g/mol. The van der Waals surface area contributed by atoms with Crippen LogP contribution in [0.3, 0.4) is 0 Å². The molecule has 0 aromatic rings. The van der Waals surface area contributed by atoms with Crippen LogP contribution in [0.2, 0.25) is 0 Å². The van der Waals surface area contributed by atoms with Gasteiger partial charge in [0.2, 0.25) is 34.9 Å². The lowest BCUT2D eigenvalue weighted by molar-refractivity contribution is -0.149. The van der Waals surface area contributed by atoms with Crippen LogP contribution in [0.15, 0.2) is 0 Å². The summed E-state index contributed by atoms with van der Waals surface area (Å²) in [5, 5.41) is 115. The van der Waals surface area contributed by atoms with E-state index in [2.05, 4.69) is 26.6 Å². The number of nitrogens with one attached hydrogen (secondary N) is 5. The Morgan fingerprint density at radius 3 is 0.851 bits per heavy atom. The van der Waals surface area contributed by atoms with Gasteiger partial charge in [0.15, 0.2) is 0 Å². The number of carbonyl (C=O) groups excluding carboxylic acids is 6. The van der Waals surface area contributed by atoms with Crippen molar-refractivity contribution in [1.29, 1.82) is 0 Å². The summed E-state index contributed by atoms with van der Waals surface area (Å²) in [6, 6.07) is -4.92. The van der Waals surface area contributed by atoms with Crippen molar-refractivity contribution < 1.29 is 148 Å². The molecule has 2 aliphatic heterocycles. The summed E-state index contributed by atoms with van der Waals surface area (Å²) < 4.78 is 0. The van der Waals surface area contributed by atoms with E-state index in [9.17, 15) is 86.3 Å². The highest BCUT2D eigenvalue weighted by Gasteiger charge is 2.37. The average molecular weight is 1460 g/mol. The number of carboxylic acid groups (broad SMARTS) is 12. The van der Waals surface area contributed by atoms with Crippen molar-refractivity contribution in [2.75, 3.05) is 47.3 Å². The third-order valence-electron chi connectivity index (χ3n) is 13.7. The maximum absolute atomic E-state index is 11.4. The van der Waals surface area contributed by atoms with Crippen molar-refractivity contribution in [3.05, 3.63) is 0 Å². The van der Waals surface area contributed by atoms with E-state index in [-0.39, 0.29) is 107 Å². The summed E-state index contributed by atoms with van der Waals surface area (Å²) in [7, 11) is 4.95. The number of carboxylic acids is 12. The fourth-order valence-electron chi connectivity index (χ4n) is 8.07. The largest absolute Gasteiger partial charge is 0.480 e. The maximum Gasteiger partial charge on any atom is 0.372 e. The molecule has 0 bridgehead atoms. The number of hydrogen-bond acceptors (Lipinski definition) is 24. The minimum atomic E-state index is -1.51. The highest BCUT2D eigenvalue weighted by atomic mass is 16.4. The van der Waals surface area contributed by atoms with Gasteiger partial charge in [0.25, 0.3) is 0 Å². The second kappa shape index (κ2) is 58.8. The zero-order chi connectivity index (χ0) is 80.2. The van der Waals surface area contributed by atoms with Crippen LogP contribution in [0.1, 0.15) is 172 Å². The zero-order valence-corrected chi connectivity index (χ0v) is 59.8. The van der Waals surface area contributed by atoms with E-state index in [1.807, 2.05) is 55.4 Å². The Morgan fingerprint density at radius 1 is 0.376 bits per heavy atom. The van der Waals surface area contributed by atoms with Gasteiger partial charge in [-0.15, -0.1) is 0 Å².